The van der Waals surface area contributed by atoms with E-state index in [9.17, 15) is 22.4 Å². The summed E-state index contributed by atoms with van der Waals surface area (Å²) >= 11 is 0. The van der Waals surface area contributed by atoms with E-state index in [2.05, 4.69) is 4.74 Å². The normalized spacial score (nSPS) is 11.2. The fraction of sp³-hybridized carbons (Fsp3) is 0.364. The lowest BCUT2D eigenvalue weighted by Gasteiger charge is -2.10. The largest absolute Gasteiger partial charge is 0.449 e. The number of halogens is 4. The highest BCUT2D eigenvalue weighted by molar-refractivity contribution is 5.84. The number of alkyl halides is 3. The van der Waals surface area contributed by atoms with Crippen LogP contribution < -0.4 is 5.32 Å². The van der Waals surface area contributed by atoms with Gasteiger partial charge in [0.15, 0.2) is 0 Å². The summed E-state index contributed by atoms with van der Waals surface area (Å²) < 4.78 is 54.9. The predicted molar refractivity (Wildman–Crippen MR) is 56.7 cm³/mol. The number of rotatable bonds is 3. The monoisotopic (exact) mass is 265 g/mol. The van der Waals surface area contributed by atoms with E-state index < -0.39 is 29.3 Å². The first kappa shape index (κ1) is 14.3. The summed E-state index contributed by atoms with van der Waals surface area (Å²) in [4.78, 5) is 11.1. The molecule has 0 saturated heterocycles. The van der Waals surface area contributed by atoms with Crippen LogP contribution in [0.25, 0.3) is 0 Å². The average molecular weight is 265 g/mol. The van der Waals surface area contributed by atoms with Crippen LogP contribution in [0.4, 0.5) is 28.0 Å². The number of carbonyl (C=O) groups excluding carboxylic acids is 1. The Balaban J connectivity index is 2.85. The van der Waals surface area contributed by atoms with E-state index in [4.69, 9.17) is 0 Å². The summed E-state index contributed by atoms with van der Waals surface area (Å²) in [6.45, 7) is 1.85. The third-order valence-electron chi connectivity index (χ3n) is 1.97. The third kappa shape index (κ3) is 3.90. The Kier molecular flexibility index (Phi) is 4.52. The highest BCUT2D eigenvalue weighted by atomic mass is 19.4. The average Bonchev–Trinajstić information content (AvgIpc) is 2.28. The van der Waals surface area contributed by atoms with Gasteiger partial charge in [-0.25, -0.2) is 9.18 Å². The van der Waals surface area contributed by atoms with Crippen LogP contribution in [0.3, 0.4) is 0 Å². The lowest BCUT2D eigenvalue weighted by Crippen LogP contribution is -2.16. The van der Waals surface area contributed by atoms with Gasteiger partial charge in [0.05, 0.1) is 17.9 Å². The van der Waals surface area contributed by atoms with E-state index in [1.807, 2.05) is 5.32 Å². The van der Waals surface area contributed by atoms with Crippen LogP contribution in [0.2, 0.25) is 0 Å². The molecule has 1 N–H and O–H groups in total. The molecule has 0 atom stereocenters. The van der Waals surface area contributed by atoms with Crippen molar-refractivity contribution in [1.82, 2.24) is 0 Å². The summed E-state index contributed by atoms with van der Waals surface area (Å²) in [5, 5.41) is 1.92. The number of benzene rings is 1. The fourth-order valence-corrected chi connectivity index (χ4v) is 1.14. The van der Waals surface area contributed by atoms with Crippen molar-refractivity contribution in [3.8, 4) is 0 Å². The van der Waals surface area contributed by atoms with Crippen LogP contribution in [0.5, 0.6) is 0 Å². The second-order valence-electron chi connectivity index (χ2n) is 3.45. The molecule has 3 nitrogen and oxygen atoms in total. The van der Waals surface area contributed by atoms with E-state index in [0.29, 0.717) is 24.6 Å². The molecule has 0 radical (unpaired) electrons. The molecule has 0 aromatic heterocycles. The van der Waals surface area contributed by atoms with E-state index in [-0.39, 0.29) is 6.61 Å². The molecule has 0 aliphatic carbocycles. The lowest BCUT2D eigenvalue weighted by atomic mass is 10.2. The highest BCUT2D eigenvalue weighted by Crippen LogP contribution is 2.31. The van der Waals surface area contributed by atoms with Crippen molar-refractivity contribution in [3.05, 3.63) is 29.6 Å². The maximum Gasteiger partial charge on any atom is 0.416 e. The van der Waals surface area contributed by atoms with Crippen molar-refractivity contribution >= 4 is 11.8 Å². The van der Waals surface area contributed by atoms with Gasteiger partial charge in [-0.15, -0.1) is 0 Å². The zero-order valence-corrected chi connectivity index (χ0v) is 9.47. The Morgan fingerprint density at radius 2 is 2.06 bits per heavy atom. The van der Waals surface area contributed by atoms with Crippen LogP contribution in [0.15, 0.2) is 18.2 Å². The quantitative estimate of drug-likeness (QED) is 0.844. The van der Waals surface area contributed by atoms with Crippen LogP contribution in [-0.4, -0.2) is 12.7 Å². The molecule has 1 rings (SSSR count). The Morgan fingerprint density at radius 1 is 1.39 bits per heavy atom. The van der Waals surface area contributed by atoms with Crippen molar-refractivity contribution in [3.63, 3.8) is 0 Å². The van der Waals surface area contributed by atoms with Gasteiger partial charge in [-0.3, -0.25) is 5.32 Å². The zero-order valence-electron chi connectivity index (χ0n) is 9.47. The van der Waals surface area contributed by atoms with E-state index >= 15 is 0 Å². The molecule has 7 heteroatoms. The van der Waals surface area contributed by atoms with Crippen molar-refractivity contribution in [2.75, 3.05) is 11.9 Å². The van der Waals surface area contributed by atoms with Crippen molar-refractivity contribution in [2.24, 2.45) is 0 Å². The molecule has 0 spiro atoms. The number of carbonyl (C=O) groups is 1. The van der Waals surface area contributed by atoms with Gasteiger partial charge >= 0.3 is 12.3 Å². The molecule has 18 heavy (non-hydrogen) atoms. The molecule has 0 saturated carbocycles. The first-order chi connectivity index (χ1) is 8.34. The number of nitrogens with one attached hydrogen (secondary N) is 1. The van der Waals surface area contributed by atoms with Gasteiger partial charge in [0.1, 0.15) is 5.82 Å². The molecule has 1 amide bonds. The van der Waals surface area contributed by atoms with Crippen LogP contribution >= 0.6 is 0 Å². The minimum Gasteiger partial charge on any atom is -0.449 e. The van der Waals surface area contributed by atoms with Gasteiger partial charge in [-0.05, 0) is 24.6 Å². The summed E-state index contributed by atoms with van der Waals surface area (Å²) in [5.41, 5.74) is -1.61. The Hall–Kier alpha value is -1.79. The summed E-state index contributed by atoms with van der Waals surface area (Å²) in [7, 11) is 0. The fourth-order valence-electron chi connectivity index (χ4n) is 1.14. The SMILES string of the molecule is CCCOC(=O)Nc1cc(C(F)(F)F)ccc1F. The molecule has 0 bridgehead atoms. The zero-order chi connectivity index (χ0) is 13.8. The first-order valence-corrected chi connectivity index (χ1v) is 5.15. The van der Waals surface area contributed by atoms with Crippen molar-refractivity contribution in [1.29, 1.82) is 0 Å². The minimum absolute atomic E-state index is 0.104. The molecular formula is C11H11F4NO2. The minimum atomic E-state index is -4.60. The van der Waals surface area contributed by atoms with Gasteiger partial charge in [0.25, 0.3) is 0 Å². The van der Waals surface area contributed by atoms with E-state index in [0.717, 1.165) is 0 Å². The molecule has 100 valence electrons. The molecular weight excluding hydrogens is 254 g/mol. The Morgan fingerprint density at radius 3 is 2.61 bits per heavy atom. The van der Waals surface area contributed by atoms with Crippen LogP contribution in [0, 0.1) is 5.82 Å². The van der Waals surface area contributed by atoms with Gasteiger partial charge in [-0.2, -0.15) is 13.2 Å². The molecule has 0 heterocycles. The molecule has 0 aliphatic heterocycles. The topological polar surface area (TPSA) is 38.3 Å². The number of hydrogen-bond donors (Lipinski definition) is 1. The first-order valence-electron chi connectivity index (χ1n) is 5.15. The second kappa shape index (κ2) is 5.70. The standard InChI is InChI=1S/C11H11F4NO2/c1-2-5-18-10(17)16-9-6-7(11(13,14)15)3-4-8(9)12/h3-4,6H,2,5H2,1H3,(H,16,17). The maximum absolute atomic E-state index is 13.2. The summed E-state index contributed by atoms with van der Waals surface area (Å²) in [5.74, 6) is -0.962. The van der Waals surface area contributed by atoms with Crippen molar-refractivity contribution in [2.45, 2.75) is 19.5 Å². The molecule has 0 unspecified atom stereocenters. The van der Waals surface area contributed by atoms with Gasteiger partial charge in [0.2, 0.25) is 0 Å². The molecule has 0 fully saturated rings. The van der Waals surface area contributed by atoms with Crippen LogP contribution in [0.1, 0.15) is 18.9 Å². The van der Waals surface area contributed by atoms with Crippen LogP contribution in [-0.2, 0) is 10.9 Å². The molecule has 1 aromatic rings. The third-order valence-corrected chi connectivity index (χ3v) is 1.97. The van der Waals surface area contributed by atoms with Gasteiger partial charge in [-0.1, -0.05) is 6.92 Å². The number of amides is 1. The number of hydrogen-bond acceptors (Lipinski definition) is 2. The second-order valence-corrected chi connectivity index (χ2v) is 3.45. The highest BCUT2D eigenvalue weighted by Gasteiger charge is 2.31. The molecule has 0 aliphatic rings. The Bertz CT molecular complexity index is 432. The number of anilines is 1. The van der Waals surface area contributed by atoms with E-state index in [1.54, 1.807) is 6.92 Å². The molecule has 1 aromatic carbocycles. The predicted octanol–water partition coefficient (Wildman–Crippen LogP) is 3.80. The van der Waals surface area contributed by atoms with Crippen molar-refractivity contribution < 1.29 is 27.1 Å². The van der Waals surface area contributed by atoms with Gasteiger partial charge < -0.3 is 4.74 Å². The van der Waals surface area contributed by atoms with E-state index in [1.165, 1.54) is 0 Å². The Labute approximate surface area is 101 Å². The summed E-state index contributed by atoms with van der Waals surface area (Å²) in [6, 6.07) is 1.75. The number of ether oxygens (including phenoxy) is 1. The van der Waals surface area contributed by atoms with Gasteiger partial charge in [0, 0.05) is 0 Å². The lowest BCUT2D eigenvalue weighted by molar-refractivity contribution is -0.137. The summed E-state index contributed by atoms with van der Waals surface area (Å²) in [6.07, 6.45) is -5.04. The maximum atomic E-state index is 13.2. The smallest absolute Gasteiger partial charge is 0.416 e.